The summed E-state index contributed by atoms with van der Waals surface area (Å²) < 4.78 is 12.8. The van der Waals surface area contributed by atoms with E-state index in [0.717, 1.165) is 0 Å². The third kappa shape index (κ3) is 1.76. The smallest absolute Gasteiger partial charge is 0.128 e. The van der Waals surface area contributed by atoms with Gasteiger partial charge in [-0.25, -0.2) is 4.39 Å². The molecule has 0 saturated carbocycles. The van der Waals surface area contributed by atoms with Crippen LogP contribution in [0.15, 0.2) is 18.2 Å². The molecule has 0 bridgehead atoms. The molecule has 1 aromatic carbocycles. The highest BCUT2D eigenvalue weighted by Gasteiger charge is 1.99. The highest BCUT2D eigenvalue weighted by atomic mass is 19.1. The lowest BCUT2D eigenvalue weighted by Crippen LogP contribution is -2.00. The number of halogens is 1. The predicted octanol–water partition coefficient (Wildman–Crippen LogP) is 0.777. The number of benzene rings is 1. The highest BCUT2D eigenvalue weighted by molar-refractivity contribution is 5.23. The lowest BCUT2D eigenvalue weighted by molar-refractivity contribution is 0.281. The number of aliphatic hydroxyl groups is 1. The van der Waals surface area contributed by atoms with Gasteiger partial charge in [0.2, 0.25) is 0 Å². The summed E-state index contributed by atoms with van der Waals surface area (Å²) >= 11 is 0. The fraction of sp³-hybridized carbons (Fsp3) is 0.250. The first-order valence-corrected chi connectivity index (χ1v) is 3.36. The minimum absolute atomic E-state index is 0.137. The summed E-state index contributed by atoms with van der Waals surface area (Å²) in [5.41, 5.74) is 6.28. The average Bonchev–Trinajstić information content (AvgIpc) is 2.04. The maximum absolute atomic E-state index is 12.8. The van der Waals surface area contributed by atoms with Crippen LogP contribution in [0, 0.1) is 5.82 Å². The molecule has 0 amide bonds. The van der Waals surface area contributed by atoms with Gasteiger partial charge in [0, 0.05) is 12.1 Å². The normalized spacial score (nSPS) is 10.1. The van der Waals surface area contributed by atoms with E-state index in [0.29, 0.717) is 11.1 Å². The molecule has 60 valence electrons. The summed E-state index contributed by atoms with van der Waals surface area (Å²) in [5.74, 6) is -0.348. The monoisotopic (exact) mass is 155 g/mol. The fourth-order valence-corrected chi connectivity index (χ4v) is 0.855. The van der Waals surface area contributed by atoms with Crippen LogP contribution in [0.1, 0.15) is 11.1 Å². The van der Waals surface area contributed by atoms with Crippen molar-refractivity contribution in [1.82, 2.24) is 0 Å². The SMILES string of the molecule is NCc1ccc(CO)cc1F. The van der Waals surface area contributed by atoms with Crippen molar-refractivity contribution in [3.8, 4) is 0 Å². The molecule has 3 N–H and O–H groups in total. The van der Waals surface area contributed by atoms with Crippen molar-refractivity contribution in [3.63, 3.8) is 0 Å². The number of nitrogens with two attached hydrogens (primary N) is 1. The van der Waals surface area contributed by atoms with Crippen LogP contribution in [0.5, 0.6) is 0 Å². The van der Waals surface area contributed by atoms with Crippen LogP contribution in [0.25, 0.3) is 0 Å². The van der Waals surface area contributed by atoms with Crippen LogP contribution in [-0.4, -0.2) is 5.11 Å². The van der Waals surface area contributed by atoms with Gasteiger partial charge in [0.1, 0.15) is 5.82 Å². The van der Waals surface area contributed by atoms with Crippen LogP contribution in [0.2, 0.25) is 0 Å². The zero-order chi connectivity index (χ0) is 8.27. The minimum Gasteiger partial charge on any atom is -0.392 e. The van der Waals surface area contributed by atoms with Gasteiger partial charge in [-0.2, -0.15) is 0 Å². The second-order valence-corrected chi connectivity index (χ2v) is 2.29. The van der Waals surface area contributed by atoms with Crippen molar-refractivity contribution in [2.45, 2.75) is 13.2 Å². The lowest BCUT2D eigenvalue weighted by atomic mass is 10.1. The van der Waals surface area contributed by atoms with E-state index < -0.39 is 0 Å². The zero-order valence-electron chi connectivity index (χ0n) is 6.05. The Morgan fingerprint density at radius 3 is 2.64 bits per heavy atom. The van der Waals surface area contributed by atoms with Crippen LogP contribution in [-0.2, 0) is 13.2 Å². The highest BCUT2D eigenvalue weighted by Crippen LogP contribution is 2.09. The van der Waals surface area contributed by atoms with E-state index in [4.69, 9.17) is 10.8 Å². The molecule has 0 fully saturated rings. The Kier molecular flexibility index (Phi) is 2.57. The molecule has 0 aliphatic rings. The topological polar surface area (TPSA) is 46.2 Å². The number of rotatable bonds is 2. The summed E-state index contributed by atoms with van der Waals surface area (Å²) in [4.78, 5) is 0. The number of hydrogen-bond donors (Lipinski definition) is 2. The van der Waals surface area contributed by atoms with Crippen molar-refractivity contribution < 1.29 is 9.50 Å². The number of aliphatic hydroxyl groups excluding tert-OH is 1. The molecule has 0 aliphatic heterocycles. The maximum Gasteiger partial charge on any atom is 0.128 e. The standard InChI is InChI=1S/C8H10FNO/c9-8-3-6(5-11)1-2-7(8)4-10/h1-3,11H,4-5,10H2. The molecule has 0 aromatic heterocycles. The van der Waals surface area contributed by atoms with Crippen molar-refractivity contribution in [3.05, 3.63) is 35.1 Å². The van der Waals surface area contributed by atoms with Crippen molar-refractivity contribution >= 4 is 0 Å². The Balaban J connectivity index is 2.99. The van der Waals surface area contributed by atoms with E-state index in [1.807, 2.05) is 0 Å². The molecule has 3 heteroatoms. The van der Waals surface area contributed by atoms with Gasteiger partial charge in [0.15, 0.2) is 0 Å². The van der Waals surface area contributed by atoms with Crippen LogP contribution >= 0.6 is 0 Å². The summed E-state index contributed by atoms with van der Waals surface area (Å²) in [6.07, 6.45) is 0. The first kappa shape index (κ1) is 8.17. The van der Waals surface area contributed by atoms with E-state index in [9.17, 15) is 4.39 Å². The van der Waals surface area contributed by atoms with Gasteiger partial charge in [0.25, 0.3) is 0 Å². The second-order valence-electron chi connectivity index (χ2n) is 2.29. The van der Waals surface area contributed by atoms with Crippen LogP contribution in [0.4, 0.5) is 4.39 Å². The van der Waals surface area contributed by atoms with Crippen molar-refractivity contribution in [2.75, 3.05) is 0 Å². The van der Waals surface area contributed by atoms with Gasteiger partial charge in [-0.15, -0.1) is 0 Å². The molecular formula is C8H10FNO. The summed E-state index contributed by atoms with van der Waals surface area (Å²) in [6.45, 7) is 0.0549. The van der Waals surface area contributed by atoms with E-state index in [1.54, 1.807) is 12.1 Å². The molecule has 0 radical (unpaired) electrons. The molecule has 1 rings (SSSR count). The molecule has 0 aliphatic carbocycles. The third-order valence-electron chi connectivity index (χ3n) is 1.52. The third-order valence-corrected chi connectivity index (χ3v) is 1.52. The Morgan fingerprint density at radius 2 is 2.18 bits per heavy atom. The Hall–Kier alpha value is -0.930. The van der Waals surface area contributed by atoms with E-state index in [2.05, 4.69) is 0 Å². The van der Waals surface area contributed by atoms with Crippen molar-refractivity contribution in [1.29, 1.82) is 0 Å². The van der Waals surface area contributed by atoms with Gasteiger partial charge in [-0.05, 0) is 11.6 Å². The molecule has 0 unspecified atom stereocenters. The Labute approximate surface area is 64.5 Å². The molecule has 1 aromatic rings. The van der Waals surface area contributed by atoms with E-state index in [-0.39, 0.29) is 19.0 Å². The largest absolute Gasteiger partial charge is 0.392 e. The van der Waals surface area contributed by atoms with Gasteiger partial charge in [-0.1, -0.05) is 12.1 Å². The Bertz CT molecular complexity index is 250. The summed E-state index contributed by atoms with van der Waals surface area (Å²) in [6, 6.07) is 4.54. The van der Waals surface area contributed by atoms with E-state index in [1.165, 1.54) is 6.07 Å². The van der Waals surface area contributed by atoms with Crippen molar-refractivity contribution in [2.24, 2.45) is 5.73 Å². The second kappa shape index (κ2) is 3.46. The molecule has 0 atom stereocenters. The minimum atomic E-state index is -0.348. The van der Waals surface area contributed by atoms with E-state index >= 15 is 0 Å². The first-order valence-electron chi connectivity index (χ1n) is 3.36. The molecule has 0 heterocycles. The van der Waals surface area contributed by atoms with Gasteiger partial charge >= 0.3 is 0 Å². The van der Waals surface area contributed by atoms with Gasteiger partial charge in [-0.3, -0.25) is 0 Å². The van der Waals surface area contributed by atoms with Gasteiger partial charge < -0.3 is 10.8 Å². The summed E-state index contributed by atoms with van der Waals surface area (Å²) in [5, 5.41) is 8.63. The lowest BCUT2D eigenvalue weighted by Gasteiger charge is -2.00. The first-order chi connectivity index (χ1) is 5.27. The summed E-state index contributed by atoms with van der Waals surface area (Å²) in [7, 11) is 0. The average molecular weight is 155 g/mol. The number of hydrogen-bond acceptors (Lipinski definition) is 2. The molecule has 2 nitrogen and oxygen atoms in total. The van der Waals surface area contributed by atoms with Gasteiger partial charge in [0.05, 0.1) is 6.61 Å². The fourth-order valence-electron chi connectivity index (χ4n) is 0.855. The Morgan fingerprint density at radius 1 is 1.45 bits per heavy atom. The quantitative estimate of drug-likeness (QED) is 0.662. The molecular weight excluding hydrogens is 145 g/mol. The maximum atomic E-state index is 12.8. The predicted molar refractivity (Wildman–Crippen MR) is 40.2 cm³/mol. The van der Waals surface area contributed by atoms with Crippen LogP contribution in [0.3, 0.4) is 0 Å². The molecule has 11 heavy (non-hydrogen) atoms. The molecule has 0 saturated heterocycles. The zero-order valence-corrected chi connectivity index (χ0v) is 6.05. The molecule has 0 spiro atoms. The van der Waals surface area contributed by atoms with Crippen LogP contribution < -0.4 is 5.73 Å².